The van der Waals surface area contributed by atoms with Crippen molar-refractivity contribution in [1.29, 1.82) is 0 Å². The van der Waals surface area contributed by atoms with Gasteiger partial charge in [-0.2, -0.15) is 0 Å². The Morgan fingerprint density at radius 1 is 1.33 bits per heavy atom. The van der Waals surface area contributed by atoms with Crippen LogP contribution >= 0.6 is 34.8 Å². The Kier molecular flexibility index (Phi) is 4.94. The van der Waals surface area contributed by atoms with Crippen molar-refractivity contribution in [2.45, 2.75) is 22.9 Å². The van der Waals surface area contributed by atoms with E-state index in [0.29, 0.717) is 0 Å². The second-order valence-electron chi connectivity index (χ2n) is 1.72. The van der Waals surface area contributed by atoms with Gasteiger partial charge in [0.1, 0.15) is 0 Å². The highest BCUT2D eigenvalue weighted by Crippen LogP contribution is 2.29. The van der Waals surface area contributed by atoms with E-state index in [4.69, 9.17) is 5.11 Å². The average molecular weight is 247 g/mol. The van der Waals surface area contributed by atoms with Crippen molar-refractivity contribution in [3.05, 3.63) is 0 Å². The van der Waals surface area contributed by atoms with Gasteiger partial charge >= 0.3 is 4.59 Å². The molecule has 3 atom stereocenters. The molecule has 0 aliphatic rings. The van der Waals surface area contributed by atoms with Crippen LogP contribution in [0.4, 0.5) is 13.2 Å². The topological polar surface area (TPSA) is 29.5 Å². The predicted octanol–water partition coefficient (Wildman–Crippen LogP) is 2.25. The minimum Gasteiger partial charge on any atom is -0.363 e. The number of halogens is 6. The molecule has 0 rings (SSSR count). The molecule has 0 spiro atoms. The summed E-state index contributed by atoms with van der Waals surface area (Å²) >= 11 is 13.8. The van der Waals surface area contributed by atoms with Crippen LogP contribution in [0, 0.1) is 0 Å². The summed E-state index contributed by atoms with van der Waals surface area (Å²) in [5.41, 5.74) is -2.53. The van der Waals surface area contributed by atoms with Crippen molar-refractivity contribution >= 4 is 34.8 Å². The summed E-state index contributed by atoms with van der Waals surface area (Å²) < 4.78 is 36.6. The largest absolute Gasteiger partial charge is 0.363 e. The second kappa shape index (κ2) is 4.72. The first kappa shape index (κ1) is 12.6. The Morgan fingerprint density at radius 2 is 1.75 bits per heavy atom. The first-order chi connectivity index (χ1) is 5.25. The highest BCUT2D eigenvalue weighted by molar-refractivity contribution is 6.47. The van der Waals surface area contributed by atoms with Gasteiger partial charge in [0.2, 0.25) is 18.3 Å². The molecule has 0 heterocycles. The van der Waals surface area contributed by atoms with Crippen LogP contribution in [0.1, 0.15) is 0 Å². The third-order valence-electron chi connectivity index (χ3n) is 0.737. The molecular weight excluding hydrogens is 243 g/mol. The Bertz CT molecular complexity index is 140. The Morgan fingerprint density at radius 3 is 2.00 bits per heavy atom. The number of ether oxygens (including phenoxy) is 1. The molecule has 0 aliphatic heterocycles. The molecule has 0 saturated carbocycles. The van der Waals surface area contributed by atoms with Crippen LogP contribution in [-0.4, -0.2) is 28.0 Å². The lowest BCUT2D eigenvalue weighted by molar-refractivity contribution is -0.207. The van der Waals surface area contributed by atoms with Crippen LogP contribution in [-0.2, 0) is 4.74 Å². The molecule has 0 aromatic heterocycles. The molecule has 0 amide bonds. The van der Waals surface area contributed by atoms with Crippen LogP contribution in [0.3, 0.4) is 0 Å². The molecule has 0 radical (unpaired) electrons. The summed E-state index contributed by atoms with van der Waals surface area (Å²) in [7, 11) is 0. The SMILES string of the molecule is OC(OC(F)C(F)Cl)C(F)(Cl)Cl. The van der Waals surface area contributed by atoms with E-state index in [1.807, 2.05) is 0 Å². The molecule has 74 valence electrons. The van der Waals surface area contributed by atoms with Crippen molar-refractivity contribution in [2.24, 2.45) is 0 Å². The van der Waals surface area contributed by atoms with Gasteiger partial charge in [0.25, 0.3) is 0 Å². The quantitative estimate of drug-likeness (QED) is 0.610. The minimum absolute atomic E-state index is 2.51. The minimum atomic E-state index is -3.21. The van der Waals surface area contributed by atoms with Gasteiger partial charge in [0.15, 0.2) is 0 Å². The molecule has 0 aromatic rings. The fourth-order valence-electron chi connectivity index (χ4n) is 0.260. The van der Waals surface area contributed by atoms with Crippen molar-refractivity contribution in [2.75, 3.05) is 0 Å². The van der Waals surface area contributed by atoms with Gasteiger partial charge in [-0.05, 0) is 0 Å². The van der Waals surface area contributed by atoms with Gasteiger partial charge in [-0.1, -0.05) is 34.8 Å². The summed E-state index contributed by atoms with van der Waals surface area (Å²) in [4.78, 5) is 0. The Balaban J connectivity index is 3.93. The lowest BCUT2D eigenvalue weighted by Crippen LogP contribution is -2.34. The summed E-state index contributed by atoms with van der Waals surface area (Å²) in [5, 5.41) is 8.48. The maximum absolute atomic E-state index is 12.2. The van der Waals surface area contributed by atoms with Gasteiger partial charge in [0, 0.05) is 0 Å². The molecular formula is C4H4Cl3F3O2. The molecule has 2 nitrogen and oxygen atoms in total. The molecule has 1 N–H and O–H groups in total. The van der Waals surface area contributed by atoms with Gasteiger partial charge in [-0.3, -0.25) is 0 Å². The van der Waals surface area contributed by atoms with Gasteiger partial charge in [0.05, 0.1) is 0 Å². The van der Waals surface area contributed by atoms with Gasteiger partial charge in [-0.25, -0.2) is 13.2 Å². The predicted molar refractivity (Wildman–Crippen MR) is 38.3 cm³/mol. The van der Waals surface area contributed by atoms with Gasteiger partial charge < -0.3 is 9.84 Å². The molecule has 0 aliphatic carbocycles. The molecule has 12 heavy (non-hydrogen) atoms. The van der Waals surface area contributed by atoms with E-state index in [0.717, 1.165) is 0 Å². The highest BCUT2D eigenvalue weighted by atomic mass is 35.5. The number of rotatable bonds is 4. The zero-order valence-electron chi connectivity index (χ0n) is 5.36. The summed E-state index contributed by atoms with van der Waals surface area (Å²) in [6.07, 6.45) is -5.21. The molecule has 0 saturated heterocycles. The first-order valence-corrected chi connectivity index (χ1v) is 3.77. The van der Waals surface area contributed by atoms with E-state index in [9.17, 15) is 13.2 Å². The molecule has 0 aromatic carbocycles. The fourth-order valence-corrected chi connectivity index (χ4v) is 0.422. The van der Waals surface area contributed by atoms with Crippen molar-refractivity contribution in [1.82, 2.24) is 0 Å². The number of aliphatic hydroxyl groups is 1. The average Bonchev–Trinajstić information content (AvgIpc) is 1.85. The van der Waals surface area contributed by atoms with E-state index >= 15 is 0 Å². The first-order valence-electron chi connectivity index (χ1n) is 2.57. The smallest absolute Gasteiger partial charge is 0.308 e. The summed E-state index contributed by atoms with van der Waals surface area (Å²) in [6.45, 7) is 0. The van der Waals surface area contributed by atoms with Crippen molar-refractivity contribution in [3.8, 4) is 0 Å². The molecule has 0 fully saturated rings. The van der Waals surface area contributed by atoms with E-state index in [1.165, 1.54) is 0 Å². The van der Waals surface area contributed by atoms with E-state index < -0.39 is 22.9 Å². The Labute approximate surface area is 81.1 Å². The van der Waals surface area contributed by atoms with Crippen LogP contribution in [0.2, 0.25) is 0 Å². The fraction of sp³-hybridized carbons (Fsp3) is 1.00. The van der Waals surface area contributed by atoms with E-state index in [1.54, 1.807) is 0 Å². The zero-order chi connectivity index (χ0) is 9.94. The standard InChI is InChI=1S/C4H4Cl3F3O2/c5-1(8)2(9)12-3(11)4(6,7)10/h1-3,11H. The third kappa shape index (κ3) is 4.57. The molecule has 3 unspecified atom stereocenters. The Hall–Kier alpha value is 0.580. The van der Waals surface area contributed by atoms with Crippen molar-refractivity contribution in [3.63, 3.8) is 0 Å². The van der Waals surface area contributed by atoms with Gasteiger partial charge in [-0.15, -0.1) is 0 Å². The van der Waals surface area contributed by atoms with Crippen LogP contribution in [0.25, 0.3) is 0 Å². The maximum Gasteiger partial charge on any atom is 0.308 e. The van der Waals surface area contributed by atoms with Crippen LogP contribution in [0.5, 0.6) is 0 Å². The number of hydrogen-bond acceptors (Lipinski definition) is 2. The summed E-state index contributed by atoms with van der Waals surface area (Å²) in [5.74, 6) is 0. The van der Waals surface area contributed by atoms with E-state index in [-0.39, 0.29) is 0 Å². The normalized spacial score (nSPS) is 20.2. The van der Waals surface area contributed by atoms with Crippen molar-refractivity contribution < 1.29 is 23.0 Å². The third-order valence-corrected chi connectivity index (χ3v) is 1.31. The monoisotopic (exact) mass is 246 g/mol. The second-order valence-corrected chi connectivity index (χ2v) is 3.43. The summed E-state index contributed by atoms with van der Waals surface area (Å²) in [6, 6.07) is 0. The zero-order valence-corrected chi connectivity index (χ0v) is 7.62. The number of alkyl halides is 6. The lowest BCUT2D eigenvalue weighted by Gasteiger charge is -2.19. The maximum atomic E-state index is 12.2. The van der Waals surface area contributed by atoms with Crippen LogP contribution < -0.4 is 0 Å². The molecule has 0 bridgehead atoms. The highest BCUT2D eigenvalue weighted by Gasteiger charge is 2.37. The van der Waals surface area contributed by atoms with E-state index in [2.05, 4.69) is 39.5 Å². The number of aliphatic hydroxyl groups excluding tert-OH is 1. The lowest BCUT2D eigenvalue weighted by atomic mass is 10.6. The molecule has 8 heteroatoms. The van der Waals surface area contributed by atoms with Crippen LogP contribution in [0.15, 0.2) is 0 Å². The number of hydrogen-bond donors (Lipinski definition) is 1.